The van der Waals surface area contributed by atoms with Crippen LogP contribution in [0.4, 0.5) is 5.69 Å². The molecule has 1 aliphatic heterocycles. The van der Waals surface area contributed by atoms with Gasteiger partial charge in [-0.1, -0.05) is 50.6 Å². The summed E-state index contributed by atoms with van der Waals surface area (Å²) in [5.41, 5.74) is 1.37. The number of aryl methyl sites for hydroxylation is 1. The van der Waals surface area contributed by atoms with Crippen LogP contribution in [0.1, 0.15) is 26.3 Å². The fraction of sp³-hybridized carbons (Fsp3) is 0.368. The topological polar surface area (TPSA) is 46.6 Å². The van der Waals surface area contributed by atoms with E-state index < -0.39 is 10.0 Å². The van der Waals surface area contributed by atoms with Crippen LogP contribution in [0.15, 0.2) is 53.4 Å². The molecule has 0 bridgehead atoms. The molecule has 2 aromatic carbocycles. The molecule has 0 saturated heterocycles. The summed E-state index contributed by atoms with van der Waals surface area (Å²) in [7, 11) is -3.67. The minimum Gasteiger partial charge on any atom is -0.489 e. The lowest BCUT2D eigenvalue weighted by Crippen LogP contribution is -2.53. The Morgan fingerprint density at radius 1 is 1.04 bits per heavy atom. The average Bonchev–Trinajstić information content (AvgIpc) is 2.53. The summed E-state index contributed by atoms with van der Waals surface area (Å²) in [6, 6.07) is 14.0. The molecule has 0 amide bonds. The molecule has 0 fully saturated rings. The summed E-state index contributed by atoms with van der Waals surface area (Å²) in [6.45, 7) is 8.38. The Morgan fingerprint density at radius 3 is 2.29 bits per heavy atom. The third-order valence-electron chi connectivity index (χ3n) is 4.36. The van der Waals surface area contributed by atoms with Gasteiger partial charge in [0, 0.05) is 0 Å². The minimum absolute atomic E-state index is 0.259. The van der Waals surface area contributed by atoms with Crippen LogP contribution in [0.2, 0.25) is 0 Å². The van der Waals surface area contributed by atoms with Gasteiger partial charge in [0.2, 0.25) is 0 Å². The van der Waals surface area contributed by atoms with Gasteiger partial charge >= 0.3 is 0 Å². The Balaban J connectivity index is 2.18. The van der Waals surface area contributed by atoms with Crippen LogP contribution >= 0.6 is 0 Å². The highest BCUT2D eigenvalue weighted by Gasteiger charge is 2.42. The predicted octanol–water partition coefficient (Wildman–Crippen LogP) is 4.00. The third kappa shape index (κ3) is 2.88. The molecular formula is C19H23NO3S. The molecule has 0 aliphatic carbocycles. The zero-order valence-corrected chi connectivity index (χ0v) is 15.3. The van der Waals surface area contributed by atoms with Crippen LogP contribution < -0.4 is 9.04 Å². The van der Waals surface area contributed by atoms with Gasteiger partial charge in [-0.2, -0.15) is 0 Å². The number of nitrogens with zero attached hydrogens (tertiary/aromatic N) is 1. The molecule has 0 unspecified atom stereocenters. The molecule has 24 heavy (non-hydrogen) atoms. The van der Waals surface area contributed by atoms with Crippen molar-refractivity contribution in [3.05, 3.63) is 54.1 Å². The molecule has 0 radical (unpaired) electrons. The molecule has 0 aromatic heterocycles. The fourth-order valence-corrected chi connectivity index (χ4v) is 4.72. The molecule has 0 spiro atoms. The standard InChI is InChI=1S/C19H23NO3S/c1-14-9-11-15(12-10-14)24(21,22)20-16-7-5-6-8-17(16)23-13-18(20)19(2,3)4/h5-12,18H,13H2,1-4H3/t18-/m1/s1. The molecule has 2 aromatic rings. The van der Waals surface area contributed by atoms with Crippen molar-refractivity contribution in [1.82, 2.24) is 0 Å². The number of hydrogen-bond acceptors (Lipinski definition) is 3. The summed E-state index contributed by atoms with van der Waals surface area (Å²) in [5.74, 6) is 0.605. The van der Waals surface area contributed by atoms with Crippen molar-refractivity contribution in [2.45, 2.75) is 38.6 Å². The SMILES string of the molecule is Cc1ccc(S(=O)(=O)N2c3ccccc3OC[C@@H]2C(C)(C)C)cc1. The number of ether oxygens (including phenoxy) is 1. The zero-order valence-electron chi connectivity index (χ0n) is 14.5. The van der Waals surface area contributed by atoms with Crippen LogP contribution in [-0.2, 0) is 10.0 Å². The smallest absolute Gasteiger partial charge is 0.264 e. The van der Waals surface area contributed by atoms with Crippen molar-refractivity contribution >= 4 is 15.7 Å². The van der Waals surface area contributed by atoms with Crippen molar-refractivity contribution in [3.8, 4) is 5.75 Å². The first-order valence-electron chi connectivity index (χ1n) is 8.04. The first kappa shape index (κ1) is 16.8. The van der Waals surface area contributed by atoms with E-state index in [1.165, 1.54) is 4.31 Å². The Kier molecular flexibility index (Phi) is 4.08. The van der Waals surface area contributed by atoms with Crippen molar-refractivity contribution < 1.29 is 13.2 Å². The Hall–Kier alpha value is -2.01. The maximum atomic E-state index is 13.4. The molecule has 1 aliphatic rings. The summed E-state index contributed by atoms with van der Waals surface area (Å²) >= 11 is 0. The van der Waals surface area contributed by atoms with Crippen molar-refractivity contribution in [2.24, 2.45) is 5.41 Å². The van der Waals surface area contributed by atoms with Crippen LogP contribution in [0.3, 0.4) is 0 Å². The van der Waals surface area contributed by atoms with Crippen LogP contribution in [0.5, 0.6) is 5.75 Å². The average molecular weight is 345 g/mol. The molecule has 4 nitrogen and oxygen atoms in total. The highest BCUT2D eigenvalue weighted by atomic mass is 32.2. The van der Waals surface area contributed by atoms with Gasteiger partial charge in [0.25, 0.3) is 10.0 Å². The summed E-state index contributed by atoms with van der Waals surface area (Å²) in [5, 5.41) is 0. The molecule has 3 rings (SSSR count). The molecule has 1 heterocycles. The van der Waals surface area contributed by atoms with E-state index in [-0.39, 0.29) is 11.5 Å². The van der Waals surface area contributed by atoms with Crippen molar-refractivity contribution in [2.75, 3.05) is 10.9 Å². The molecule has 128 valence electrons. The molecule has 0 N–H and O–H groups in total. The van der Waals surface area contributed by atoms with E-state index in [0.717, 1.165) is 5.56 Å². The summed E-state index contributed by atoms with van der Waals surface area (Å²) < 4.78 is 34.2. The van der Waals surface area contributed by atoms with Gasteiger partial charge < -0.3 is 4.74 Å². The van der Waals surface area contributed by atoms with Crippen LogP contribution in [-0.4, -0.2) is 21.1 Å². The van der Waals surface area contributed by atoms with Gasteiger partial charge in [0.1, 0.15) is 12.4 Å². The number of rotatable bonds is 2. The monoisotopic (exact) mass is 345 g/mol. The number of fused-ring (bicyclic) bond motifs is 1. The number of para-hydroxylation sites is 2. The summed E-state index contributed by atoms with van der Waals surface area (Å²) in [4.78, 5) is 0.305. The quantitative estimate of drug-likeness (QED) is 0.826. The van der Waals surface area contributed by atoms with Gasteiger partial charge in [-0.15, -0.1) is 0 Å². The lowest BCUT2D eigenvalue weighted by atomic mass is 9.86. The largest absolute Gasteiger partial charge is 0.489 e. The first-order chi connectivity index (χ1) is 11.2. The lowest BCUT2D eigenvalue weighted by molar-refractivity contribution is 0.193. The Labute approximate surface area is 144 Å². The Bertz CT molecular complexity index is 836. The maximum absolute atomic E-state index is 13.4. The van der Waals surface area contributed by atoms with Crippen LogP contribution in [0, 0.1) is 12.3 Å². The van der Waals surface area contributed by atoms with E-state index in [4.69, 9.17) is 4.74 Å². The highest BCUT2D eigenvalue weighted by molar-refractivity contribution is 7.92. The number of benzene rings is 2. The van der Waals surface area contributed by atoms with Crippen molar-refractivity contribution in [3.63, 3.8) is 0 Å². The van der Waals surface area contributed by atoms with E-state index in [1.807, 2.05) is 58.0 Å². The van der Waals surface area contributed by atoms with E-state index in [0.29, 0.717) is 22.9 Å². The van der Waals surface area contributed by atoms with Gasteiger partial charge in [-0.05, 0) is 36.6 Å². The van der Waals surface area contributed by atoms with Gasteiger partial charge in [-0.25, -0.2) is 8.42 Å². The van der Waals surface area contributed by atoms with Gasteiger partial charge in [-0.3, -0.25) is 4.31 Å². The summed E-state index contributed by atoms with van der Waals surface area (Å²) in [6.07, 6.45) is 0. The number of anilines is 1. The second-order valence-corrected chi connectivity index (χ2v) is 9.09. The van der Waals surface area contributed by atoms with E-state index in [2.05, 4.69) is 0 Å². The van der Waals surface area contributed by atoms with E-state index >= 15 is 0 Å². The predicted molar refractivity (Wildman–Crippen MR) is 96.0 cm³/mol. The highest BCUT2D eigenvalue weighted by Crippen LogP contribution is 2.42. The molecule has 1 atom stereocenters. The first-order valence-corrected chi connectivity index (χ1v) is 9.48. The second kappa shape index (κ2) is 5.81. The second-order valence-electron chi connectivity index (χ2n) is 7.27. The normalized spacial score (nSPS) is 18.0. The lowest BCUT2D eigenvalue weighted by Gasteiger charge is -2.43. The van der Waals surface area contributed by atoms with Gasteiger partial charge in [0.15, 0.2) is 0 Å². The van der Waals surface area contributed by atoms with Crippen molar-refractivity contribution in [1.29, 1.82) is 0 Å². The van der Waals surface area contributed by atoms with Gasteiger partial charge in [0.05, 0.1) is 16.6 Å². The van der Waals surface area contributed by atoms with Crippen LogP contribution in [0.25, 0.3) is 0 Å². The maximum Gasteiger partial charge on any atom is 0.264 e. The molecule has 0 saturated carbocycles. The van der Waals surface area contributed by atoms with E-state index in [1.54, 1.807) is 18.2 Å². The Morgan fingerprint density at radius 2 is 1.67 bits per heavy atom. The number of hydrogen-bond donors (Lipinski definition) is 0. The fourth-order valence-electron chi connectivity index (χ4n) is 2.89. The number of sulfonamides is 1. The molecule has 5 heteroatoms. The zero-order chi connectivity index (χ0) is 17.5. The minimum atomic E-state index is -3.67. The van der Waals surface area contributed by atoms with E-state index in [9.17, 15) is 8.42 Å². The molecular weight excluding hydrogens is 322 g/mol. The third-order valence-corrected chi connectivity index (χ3v) is 6.20.